The standard InChI is InChI=1S/C15H18N4O5.C12H11NO3.C6H12Br2O4/c1-5-9(16)12(21)8-6(4-24-14(17)22)15(23-2)13-7(18-13)3-19(15)10(8)11(5)20;1-2-15-8-10-12(14)16-11(13-10)9-6-4-3-5-7-9;7-1-3(9)5(11)6(12)4(10)2-8/h6-7,13,18H,3-4,16H2,1-2H3,(H2,17,22);3-8H,2H2,1H3;3-6,9-12H,1-2H2/t6-,7+,13+,15-;;/m1../s1. The number of fused-ring (bicyclic) bond motifs is 4. The van der Waals surface area contributed by atoms with Crippen LogP contribution in [-0.4, -0.2) is 135 Å². The summed E-state index contributed by atoms with van der Waals surface area (Å²) in [5.41, 5.74) is 11.6. The quantitative estimate of drug-likeness (QED) is 0.0367. The number of cyclic esters (lactones) is 1. The van der Waals surface area contributed by atoms with E-state index in [1.54, 1.807) is 0 Å². The van der Waals surface area contributed by atoms with E-state index in [-0.39, 0.29) is 57.7 Å². The summed E-state index contributed by atoms with van der Waals surface area (Å²) in [6.45, 7) is 4.24. The van der Waals surface area contributed by atoms with E-state index < -0.39 is 53.9 Å². The fraction of sp³-hybridized carbons (Fsp3) is 0.485. The predicted octanol–water partition coefficient (Wildman–Crippen LogP) is -0.563. The van der Waals surface area contributed by atoms with Crippen LogP contribution in [0, 0.1) is 5.92 Å². The number of nitrogens with two attached hydrogens (primary N) is 2. The molecular weight excluding hydrogens is 818 g/mol. The number of aliphatic hydroxyl groups excluding tert-OH is 4. The van der Waals surface area contributed by atoms with E-state index in [9.17, 15) is 29.4 Å². The van der Waals surface area contributed by atoms with Gasteiger partial charge in [0, 0.05) is 47.1 Å². The molecule has 1 aromatic carbocycles. The molecule has 0 aromatic heterocycles. The SMILES string of the molecule is CCOC=C1N=C(c2ccccc2)OC1=O.CO[C@@]12[C@H](COC(N)=O)C3=C(C(=O)C(C)=C(N)C3=O)N1C[C@@H]1N[C@@H]12.OC(CBr)C(O)C(O)C(O)CBr. The Morgan fingerprint density at radius 1 is 1.12 bits per heavy atom. The summed E-state index contributed by atoms with van der Waals surface area (Å²) in [4.78, 5) is 53.9. The second-order valence-corrected chi connectivity index (χ2v) is 13.3. The Kier molecular flexibility index (Phi) is 13.8. The predicted molar refractivity (Wildman–Crippen MR) is 191 cm³/mol. The van der Waals surface area contributed by atoms with Crippen molar-refractivity contribution >= 4 is 61.4 Å². The molecule has 1 aliphatic carbocycles. The van der Waals surface area contributed by atoms with Crippen molar-refractivity contribution in [2.45, 2.75) is 56.1 Å². The second-order valence-electron chi connectivity index (χ2n) is 12.0. The van der Waals surface area contributed by atoms with Gasteiger partial charge in [-0.3, -0.25) is 9.59 Å². The van der Waals surface area contributed by atoms with Gasteiger partial charge >= 0.3 is 12.1 Å². The Morgan fingerprint density at radius 3 is 2.27 bits per heavy atom. The molecule has 19 heteroatoms. The number of benzene rings is 1. The first-order chi connectivity index (χ1) is 24.7. The first kappa shape index (κ1) is 41.1. The number of hydrogen-bond donors (Lipinski definition) is 7. The fourth-order valence-corrected chi connectivity index (χ4v) is 6.97. The normalized spacial score (nSPS) is 27.2. The van der Waals surface area contributed by atoms with Crippen LogP contribution in [0.1, 0.15) is 19.4 Å². The summed E-state index contributed by atoms with van der Waals surface area (Å²) in [5, 5.41) is 40.1. The third-order valence-electron chi connectivity index (χ3n) is 8.93. The number of piperazine rings is 1. The number of primary amides is 1. The smallest absolute Gasteiger partial charge is 0.404 e. The Morgan fingerprint density at radius 2 is 1.73 bits per heavy atom. The number of nitrogens with one attached hydrogen (secondary N) is 1. The monoisotopic (exact) mass is 857 g/mol. The van der Waals surface area contributed by atoms with Crippen molar-refractivity contribution < 1.29 is 58.6 Å². The van der Waals surface area contributed by atoms with Crippen molar-refractivity contribution in [1.29, 1.82) is 0 Å². The molecular formula is C33H41Br2N5O12. The van der Waals surface area contributed by atoms with Crippen LogP contribution in [0.25, 0.3) is 0 Å². The van der Waals surface area contributed by atoms with E-state index in [1.165, 1.54) is 20.3 Å². The Bertz CT molecular complexity index is 1660. The van der Waals surface area contributed by atoms with Crippen LogP contribution < -0.4 is 16.8 Å². The molecule has 0 saturated carbocycles. The van der Waals surface area contributed by atoms with Gasteiger partial charge in [-0.05, 0) is 26.0 Å². The zero-order chi connectivity index (χ0) is 38.5. The van der Waals surface area contributed by atoms with E-state index in [1.807, 2.05) is 42.2 Å². The molecule has 9 N–H and O–H groups in total. The number of halogens is 2. The van der Waals surface area contributed by atoms with Gasteiger partial charge in [0.15, 0.2) is 11.4 Å². The van der Waals surface area contributed by atoms with Gasteiger partial charge in [-0.25, -0.2) is 14.6 Å². The van der Waals surface area contributed by atoms with E-state index in [2.05, 4.69) is 42.2 Å². The van der Waals surface area contributed by atoms with E-state index in [4.69, 9.17) is 40.6 Å². The fourth-order valence-electron chi connectivity index (χ4n) is 6.21. The first-order valence-corrected chi connectivity index (χ1v) is 18.3. The molecule has 4 unspecified atom stereocenters. The molecule has 1 aromatic rings. The molecule has 5 aliphatic rings. The maximum absolute atomic E-state index is 12.8. The highest BCUT2D eigenvalue weighted by Crippen LogP contribution is 2.55. The van der Waals surface area contributed by atoms with Crippen molar-refractivity contribution in [3.63, 3.8) is 0 Å². The summed E-state index contributed by atoms with van der Waals surface area (Å²) >= 11 is 5.88. The zero-order valence-electron chi connectivity index (χ0n) is 28.4. The lowest BCUT2D eigenvalue weighted by molar-refractivity contribution is -0.137. The zero-order valence-corrected chi connectivity index (χ0v) is 31.6. The van der Waals surface area contributed by atoms with Crippen molar-refractivity contribution in [3.8, 4) is 0 Å². The number of allylic oxidation sites excluding steroid dienone is 2. The number of carbonyl (C=O) groups is 4. The molecule has 8 atom stereocenters. The van der Waals surface area contributed by atoms with Crippen LogP contribution in [0.5, 0.6) is 0 Å². The lowest BCUT2D eigenvalue weighted by Gasteiger charge is -2.39. The van der Waals surface area contributed by atoms with Crippen LogP contribution in [-0.2, 0) is 33.3 Å². The highest BCUT2D eigenvalue weighted by atomic mass is 79.9. The summed E-state index contributed by atoms with van der Waals surface area (Å²) in [5.74, 6) is -1.50. The molecule has 4 aliphatic heterocycles. The average molecular weight is 860 g/mol. The molecule has 0 bridgehead atoms. The summed E-state index contributed by atoms with van der Waals surface area (Å²) in [7, 11) is 1.52. The Labute approximate surface area is 315 Å². The van der Waals surface area contributed by atoms with Gasteiger partial charge in [0.1, 0.15) is 25.1 Å². The molecule has 1 amide bonds. The number of nitrogens with zero attached hydrogens (tertiary/aromatic N) is 2. The minimum Gasteiger partial charge on any atom is -0.499 e. The van der Waals surface area contributed by atoms with Crippen LogP contribution in [0.15, 0.2) is 69.8 Å². The second kappa shape index (κ2) is 17.4. The maximum atomic E-state index is 12.8. The number of methoxy groups -OCH3 is 1. The van der Waals surface area contributed by atoms with Crippen molar-refractivity contribution in [2.75, 3.05) is 37.5 Å². The number of ether oxygens (including phenoxy) is 4. The first-order valence-electron chi connectivity index (χ1n) is 16.0. The highest BCUT2D eigenvalue weighted by molar-refractivity contribution is 9.09. The molecule has 4 heterocycles. The Balaban J connectivity index is 0.000000188. The van der Waals surface area contributed by atoms with Crippen molar-refractivity contribution in [2.24, 2.45) is 22.4 Å². The number of carbonyl (C=O) groups excluding carboxylic acids is 4. The molecule has 0 radical (unpaired) electrons. The van der Waals surface area contributed by atoms with Crippen LogP contribution in [0.4, 0.5) is 4.79 Å². The molecule has 2 fully saturated rings. The van der Waals surface area contributed by atoms with Crippen LogP contribution in [0.3, 0.4) is 0 Å². The van der Waals surface area contributed by atoms with Gasteiger partial charge < -0.3 is 61.1 Å². The minimum atomic E-state index is -1.34. The molecule has 52 heavy (non-hydrogen) atoms. The third-order valence-corrected chi connectivity index (χ3v) is 10.3. The van der Waals surface area contributed by atoms with E-state index >= 15 is 0 Å². The van der Waals surface area contributed by atoms with Crippen molar-refractivity contribution in [3.05, 3.63) is 70.4 Å². The number of amides is 1. The summed E-state index contributed by atoms with van der Waals surface area (Å²) < 4.78 is 20.8. The number of esters is 1. The molecule has 6 rings (SSSR count). The van der Waals surface area contributed by atoms with Gasteiger partial charge in [-0.2, -0.15) is 0 Å². The van der Waals surface area contributed by atoms with Crippen LogP contribution >= 0.6 is 31.9 Å². The van der Waals surface area contributed by atoms with Gasteiger partial charge in [-0.15, -0.1) is 0 Å². The summed E-state index contributed by atoms with van der Waals surface area (Å²) in [6.07, 6.45) is -4.45. The van der Waals surface area contributed by atoms with Gasteiger partial charge in [-0.1, -0.05) is 50.1 Å². The maximum Gasteiger partial charge on any atom is 0.404 e. The van der Waals surface area contributed by atoms with E-state index in [0.29, 0.717) is 24.7 Å². The van der Waals surface area contributed by atoms with Crippen molar-refractivity contribution in [1.82, 2.24) is 10.2 Å². The number of aliphatic hydroxyl groups is 4. The van der Waals surface area contributed by atoms with Crippen LogP contribution in [0.2, 0.25) is 0 Å². The minimum absolute atomic E-state index is 0.0586. The highest BCUT2D eigenvalue weighted by Gasteiger charge is 2.72. The van der Waals surface area contributed by atoms with Gasteiger partial charge in [0.2, 0.25) is 17.5 Å². The number of Topliss-reactive ketones (excluding diaryl/α,β-unsaturated/α-hetero) is 2. The summed E-state index contributed by atoms with van der Waals surface area (Å²) in [6, 6.07) is 9.37. The Hall–Kier alpha value is -3.69. The van der Waals surface area contributed by atoms with Gasteiger partial charge in [0.25, 0.3) is 0 Å². The molecule has 2 saturated heterocycles. The number of rotatable bonds is 11. The molecule has 0 spiro atoms. The van der Waals surface area contributed by atoms with Gasteiger partial charge in [0.05, 0.1) is 42.2 Å². The number of aliphatic imine (C=N–C) groups is 1. The number of alkyl halides is 2. The topological polar surface area (TPSA) is 276 Å². The van der Waals surface area contributed by atoms with E-state index in [0.717, 1.165) is 5.56 Å². The lowest BCUT2D eigenvalue weighted by atomic mass is 9.82. The lowest BCUT2D eigenvalue weighted by Crippen LogP contribution is -2.55. The number of hydrogen-bond acceptors (Lipinski definition) is 16. The molecule has 284 valence electrons. The average Bonchev–Trinajstić information content (AvgIpc) is 3.59. The number of ketones is 2. The largest absolute Gasteiger partial charge is 0.499 e. The third kappa shape index (κ3) is 8.10. The molecule has 17 nitrogen and oxygen atoms in total.